The molecule has 1 unspecified atom stereocenters. The molecule has 8 heteroatoms. The van der Waals surface area contributed by atoms with E-state index in [0.29, 0.717) is 16.0 Å². The Bertz CT molecular complexity index is 937. The van der Waals surface area contributed by atoms with E-state index in [1.165, 1.54) is 46.9 Å². The molecule has 5 nitrogen and oxygen atoms in total. The second-order valence-electron chi connectivity index (χ2n) is 5.31. The number of rotatable bonds is 6. The number of thiophene rings is 2. The van der Waals surface area contributed by atoms with Crippen LogP contribution >= 0.6 is 22.7 Å². The predicted molar refractivity (Wildman–Crippen MR) is 98.0 cm³/mol. The molecule has 3 aromatic rings. The Morgan fingerprint density at radius 2 is 1.92 bits per heavy atom. The molecule has 25 heavy (non-hydrogen) atoms. The van der Waals surface area contributed by atoms with Crippen molar-refractivity contribution in [3.8, 4) is 6.07 Å². The molecule has 1 aromatic carbocycles. The first-order valence-electron chi connectivity index (χ1n) is 7.24. The lowest BCUT2D eigenvalue weighted by atomic mass is 9.95. The number of nitrogens with one attached hydrogen (secondary N) is 1. The summed E-state index contributed by atoms with van der Waals surface area (Å²) in [5.41, 5.74) is -0.414. The van der Waals surface area contributed by atoms with Gasteiger partial charge in [-0.2, -0.15) is 16.6 Å². The second-order valence-corrected chi connectivity index (χ2v) is 8.81. The van der Waals surface area contributed by atoms with Crippen LogP contribution in [0.1, 0.15) is 16.0 Å². The van der Waals surface area contributed by atoms with Gasteiger partial charge in [-0.25, -0.2) is 13.1 Å². The summed E-state index contributed by atoms with van der Waals surface area (Å²) < 4.78 is 27.5. The molecule has 0 aliphatic carbocycles. The van der Waals surface area contributed by atoms with Gasteiger partial charge in [0.05, 0.1) is 16.5 Å². The molecule has 0 aliphatic heterocycles. The van der Waals surface area contributed by atoms with E-state index in [-0.39, 0.29) is 11.4 Å². The zero-order chi connectivity index (χ0) is 17.9. The lowest BCUT2D eigenvalue weighted by Crippen LogP contribution is -2.40. The SMILES string of the molecule is N#Cc1ccc(S(=O)(=O)NCC(O)(c2ccsc2)c2cccs2)cc1. The third-order valence-electron chi connectivity index (χ3n) is 3.74. The lowest BCUT2D eigenvalue weighted by molar-refractivity contribution is 0.0903. The van der Waals surface area contributed by atoms with Crippen molar-refractivity contribution in [3.05, 3.63) is 74.6 Å². The molecule has 128 valence electrons. The van der Waals surface area contributed by atoms with Gasteiger partial charge in [0.2, 0.25) is 10.0 Å². The monoisotopic (exact) mass is 390 g/mol. The third kappa shape index (κ3) is 3.66. The van der Waals surface area contributed by atoms with Crippen molar-refractivity contribution in [2.45, 2.75) is 10.5 Å². The Balaban J connectivity index is 1.87. The van der Waals surface area contributed by atoms with Crippen molar-refractivity contribution >= 4 is 32.7 Å². The van der Waals surface area contributed by atoms with Crippen molar-refractivity contribution in [2.75, 3.05) is 6.54 Å². The maximum absolute atomic E-state index is 12.5. The van der Waals surface area contributed by atoms with Crippen LogP contribution in [0.15, 0.2) is 63.5 Å². The molecule has 0 radical (unpaired) electrons. The van der Waals surface area contributed by atoms with Crippen molar-refractivity contribution in [1.29, 1.82) is 5.26 Å². The van der Waals surface area contributed by atoms with E-state index < -0.39 is 15.6 Å². The van der Waals surface area contributed by atoms with Gasteiger partial charge >= 0.3 is 0 Å². The van der Waals surface area contributed by atoms with Gasteiger partial charge in [-0.1, -0.05) is 6.07 Å². The summed E-state index contributed by atoms with van der Waals surface area (Å²) in [5, 5.41) is 25.5. The largest absolute Gasteiger partial charge is 0.378 e. The number of aliphatic hydroxyl groups is 1. The molecule has 0 spiro atoms. The van der Waals surface area contributed by atoms with Crippen LogP contribution in [-0.2, 0) is 15.6 Å². The Labute approximate surface area is 153 Å². The Kier molecular flexibility index (Phi) is 5.03. The minimum absolute atomic E-state index is 0.0466. The number of nitriles is 1. The molecule has 2 aromatic heterocycles. The van der Waals surface area contributed by atoms with Gasteiger partial charge in [-0.3, -0.25) is 0 Å². The van der Waals surface area contributed by atoms with Crippen LogP contribution in [0.5, 0.6) is 0 Å². The summed E-state index contributed by atoms with van der Waals surface area (Å²) in [7, 11) is -3.81. The Morgan fingerprint density at radius 3 is 2.48 bits per heavy atom. The van der Waals surface area contributed by atoms with Crippen LogP contribution < -0.4 is 4.72 Å². The molecular weight excluding hydrogens is 376 g/mol. The fraction of sp³-hybridized carbons (Fsp3) is 0.118. The van der Waals surface area contributed by atoms with E-state index in [2.05, 4.69) is 4.72 Å². The van der Waals surface area contributed by atoms with E-state index in [9.17, 15) is 13.5 Å². The maximum Gasteiger partial charge on any atom is 0.240 e. The van der Waals surface area contributed by atoms with Gasteiger partial charge in [0, 0.05) is 17.0 Å². The first-order chi connectivity index (χ1) is 12.0. The highest BCUT2D eigenvalue weighted by molar-refractivity contribution is 7.89. The molecular formula is C17H14N2O3S3. The molecule has 0 bridgehead atoms. The van der Waals surface area contributed by atoms with Crippen LogP contribution in [0.2, 0.25) is 0 Å². The van der Waals surface area contributed by atoms with E-state index in [0.717, 1.165) is 0 Å². The Hall–Kier alpha value is -2.02. The van der Waals surface area contributed by atoms with Gasteiger partial charge < -0.3 is 5.11 Å². The van der Waals surface area contributed by atoms with Crippen molar-refractivity contribution in [2.24, 2.45) is 0 Å². The van der Waals surface area contributed by atoms with Crippen LogP contribution in [0.3, 0.4) is 0 Å². The lowest BCUT2D eigenvalue weighted by Gasteiger charge is -2.26. The van der Waals surface area contributed by atoms with E-state index in [4.69, 9.17) is 5.26 Å². The quantitative estimate of drug-likeness (QED) is 0.677. The van der Waals surface area contributed by atoms with E-state index in [1.807, 2.05) is 22.9 Å². The predicted octanol–water partition coefficient (Wildman–Crippen LogP) is 2.90. The minimum Gasteiger partial charge on any atom is -0.378 e. The zero-order valence-electron chi connectivity index (χ0n) is 12.9. The van der Waals surface area contributed by atoms with Crippen LogP contribution in [-0.4, -0.2) is 20.1 Å². The van der Waals surface area contributed by atoms with Crippen molar-refractivity contribution in [3.63, 3.8) is 0 Å². The first kappa shape index (κ1) is 17.8. The molecule has 0 saturated carbocycles. The summed E-state index contributed by atoms with van der Waals surface area (Å²) in [6, 6.07) is 12.9. The summed E-state index contributed by atoms with van der Waals surface area (Å²) in [6.07, 6.45) is 0. The number of nitrogens with zero attached hydrogens (tertiary/aromatic N) is 1. The van der Waals surface area contributed by atoms with Crippen LogP contribution in [0.4, 0.5) is 0 Å². The molecule has 0 aliphatic rings. The zero-order valence-corrected chi connectivity index (χ0v) is 15.4. The summed E-state index contributed by atoms with van der Waals surface area (Å²) >= 11 is 2.80. The fourth-order valence-corrected chi connectivity index (χ4v) is 4.97. The third-order valence-corrected chi connectivity index (χ3v) is 6.86. The molecule has 0 fully saturated rings. The molecule has 0 saturated heterocycles. The average molecular weight is 391 g/mol. The highest BCUT2D eigenvalue weighted by atomic mass is 32.2. The first-order valence-corrected chi connectivity index (χ1v) is 10.6. The standard InChI is InChI=1S/C17H14N2O3S3/c18-10-13-3-5-15(6-4-13)25(21,22)19-12-17(20,14-7-9-23-11-14)16-2-1-8-24-16/h1-9,11,19-20H,12H2. The smallest absolute Gasteiger partial charge is 0.240 e. The topological polar surface area (TPSA) is 90.2 Å². The summed E-state index contributed by atoms with van der Waals surface area (Å²) in [6.45, 7) is -0.188. The summed E-state index contributed by atoms with van der Waals surface area (Å²) in [4.78, 5) is 0.707. The van der Waals surface area contributed by atoms with Crippen molar-refractivity contribution < 1.29 is 13.5 Å². The van der Waals surface area contributed by atoms with Crippen LogP contribution in [0, 0.1) is 11.3 Å². The van der Waals surface area contributed by atoms with E-state index in [1.54, 1.807) is 17.5 Å². The van der Waals surface area contributed by atoms with Gasteiger partial charge in [-0.05, 0) is 52.5 Å². The number of hydrogen-bond acceptors (Lipinski definition) is 6. The highest BCUT2D eigenvalue weighted by Crippen LogP contribution is 2.33. The Morgan fingerprint density at radius 1 is 1.16 bits per heavy atom. The molecule has 3 rings (SSSR count). The number of hydrogen-bond donors (Lipinski definition) is 2. The molecule has 0 amide bonds. The van der Waals surface area contributed by atoms with Gasteiger partial charge in [-0.15, -0.1) is 11.3 Å². The normalized spacial score (nSPS) is 13.9. The maximum atomic E-state index is 12.5. The van der Waals surface area contributed by atoms with Gasteiger partial charge in [0.1, 0.15) is 5.60 Å². The van der Waals surface area contributed by atoms with Gasteiger partial charge in [0.25, 0.3) is 0 Å². The second kappa shape index (κ2) is 7.07. The minimum atomic E-state index is -3.81. The summed E-state index contributed by atoms with van der Waals surface area (Å²) in [5.74, 6) is 0. The average Bonchev–Trinajstić information content (AvgIpc) is 3.33. The fourth-order valence-electron chi connectivity index (χ4n) is 2.34. The molecule has 2 N–H and O–H groups in total. The highest BCUT2D eigenvalue weighted by Gasteiger charge is 2.34. The van der Waals surface area contributed by atoms with Crippen LogP contribution in [0.25, 0.3) is 0 Å². The molecule has 1 atom stereocenters. The van der Waals surface area contributed by atoms with E-state index >= 15 is 0 Å². The van der Waals surface area contributed by atoms with Crippen molar-refractivity contribution in [1.82, 2.24) is 4.72 Å². The van der Waals surface area contributed by atoms with Gasteiger partial charge in [0.15, 0.2) is 0 Å². The number of benzene rings is 1. The number of sulfonamides is 1. The molecule has 2 heterocycles.